The normalized spacial score (nSPS) is 14.1. The van der Waals surface area contributed by atoms with Crippen LogP contribution in [0.15, 0.2) is 65.3 Å². The molecule has 1 heterocycles. The highest BCUT2D eigenvalue weighted by molar-refractivity contribution is 5.92. The van der Waals surface area contributed by atoms with Crippen molar-refractivity contribution in [3.63, 3.8) is 0 Å². The first-order valence-electron chi connectivity index (χ1n) is 11.0. The standard InChI is InChI=1S/C26H31N3O2/c1-26(2,3)21-11-9-20(10-12-21)16-29(15-19-7-5-4-6-8-19)17-24-28-23(18-31-24)25(30)27-22-13-14-22/h4-12,18,22H,13-17H2,1-3H3,(H,27,30). The smallest absolute Gasteiger partial charge is 0.273 e. The van der Waals surface area contributed by atoms with E-state index in [-0.39, 0.29) is 11.3 Å². The maximum Gasteiger partial charge on any atom is 0.273 e. The molecule has 1 N–H and O–H groups in total. The van der Waals surface area contributed by atoms with Gasteiger partial charge in [-0.1, -0.05) is 75.4 Å². The van der Waals surface area contributed by atoms with Crippen molar-refractivity contribution in [2.24, 2.45) is 0 Å². The van der Waals surface area contributed by atoms with Gasteiger partial charge in [0.05, 0.1) is 6.54 Å². The summed E-state index contributed by atoms with van der Waals surface area (Å²) in [6, 6.07) is 19.5. The number of carbonyl (C=O) groups excluding carboxylic acids is 1. The molecule has 5 nitrogen and oxygen atoms in total. The fourth-order valence-electron chi connectivity index (χ4n) is 3.54. The molecule has 0 bridgehead atoms. The van der Waals surface area contributed by atoms with Gasteiger partial charge in [0.15, 0.2) is 5.69 Å². The van der Waals surface area contributed by atoms with Crippen molar-refractivity contribution >= 4 is 5.91 Å². The molecule has 0 saturated heterocycles. The molecule has 1 saturated carbocycles. The molecule has 0 unspecified atom stereocenters. The highest BCUT2D eigenvalue weighted by Crippen LogP contribution is 2.23. The first kappa shape index (κ1) is 21.3. The minimum atomic E-state index is -0.148. The van der Waals surface area contributed by atoms with Gasteiger partial charge in [-0.3, -0.25) is 9.69 Å². The Morgan fingerprint density at radius 1 is 1.00 bits per heavy atom. The van der Waals surface area contributed by atoms with E-state index in [0.717, 1.165) is 25.9 Å². The number of nitrogens with one attached hydrogen (secondary N) is 1. The number of benzene rings is 2. The van der Waals surface area contributed by atoms with Gasteiger partial charge >= 0.3 is 0 Å². The van der Waals surface area contributed by atoms with E-state index < -0.39 is 0 Å². The molecule has 0 radical (unpaired) electrons. The van der Waals surface area contributed by atoms with Crippen molar-refractivity contribution < 1.29 is 9.21 Å². The molecule has 0 aliphatic heterocycles. The van der Waals surface area contributed by atoms with Crippen LogP contribution in [0, 0.1) is 0 Å². The van der Waals surface area contributed by atoms with Crippen LogP contribution in [0.2, 0.25) is 0 Å². The summed E-state index contributed by atoms with van der Waals surface area (Å²) < 4.78 is 5.64. The average molecular weight is 418 g/mol. The molecule has 31 heavy (non-hydrogen) atoms. The number of hydrogen-bond acceptors (Lipinski definition) is 4. The van der Waals surface area contributed by atoms with E-state index >= 15 is 0 Å². The first-order chi connectivity index (χ1) is 14.9. The summed E-state index contributed by atoms with van der Waals surface area (Å²) in [5.41, 5.74) is 4.29. The average Bonchev–Trinajstić information content (AvgIpc) is 3.43. The number of amides is 1. The molecular weight excluding hydrogens is 386 g/mol. The molecule has 5 heteroatoms. The van der Waals surface area contributed by atoms with Crippen LogP contribution in [0.4, 0.5) is 0 Å². The van der Waals surface area contributed by atoms with Crippen LogP contribution < -0.4 is 5.32 Å². The zero-order valence-corrected chi connectivity index (χ0v) is 18.6. The Morgan fingerprint density at radius 2 is 1.65 bits per heavy atom. The molecule has 2 aromatic carbocycles. The van der Waals surface area contributed by atoms with Crippen LogP contribution in [0.1, 0.15) is 66.7 Å². The number of aromatic nitrogens is 1. The summed E-state index contributed by atoms with van der Waals surface area (Å²) in [5, 5.41) is 2.96. The third-order valence-corrected chi connectivity index (χ3v) is 5.53. The van der Waals surface area contributed by atoms with Gasteiger partial charge < -0.3 is 9.73 Å². The number of nitrogens with zero attached hydrogens (tertiary/aromatic N) is 2. The van der Waals surface area contributed by atoms with Crippen LogP contribution >= 0.6 is 0 Å². The highest BCUT2D eigenvalue weighted by atomic mass is 16.3. The zero-order valence-electron chi connectivity index (χ0n) is 18.6. The van der Waals surface area contributed by atoms with Gasteiger partial charge in [-0.15, -0.1) is 0 Å². The molecular formula is C26H31N3O2. The van der Waals surface area contributed by atoms with Crippen molar-refractivity contribution in [1.29, 1.82) is 0 Å². The van der Waals surface area contributed by atoms with Gasteiger partial charge in [0.2, 0.25) is 5.89 Å². The molecule has 4 rings (SSSR count). The fourth-order valence-corrected chi connectivity index (χ4v) is 3.54. The SMILES string of the molecule is CC(C)(C)c1ccc(CN(Cc2ccccc2)Cc2nc(C(=O)NC3CC3)co2)cc1. The zero-order chi connectivity index (χ0) is 21.8. The summed E-state index contributed by atoms with van der Waals surface area (Å²) in [5.74, 6) is 0.410. The highest BCUT2D eigenvalue weighted by Gasteiger charge is 2.25. The van der Waals surface area contributed by atoms with Crippen molar-refractivity contribution in [2.75, 3.05) is 0 Å². The largest absolute Gasteiger partial charge is 0.447 e. The fraction of sp³-hybridized carbons (Fsp3) is 0.385. The minimum absolute atomic E-state index is 0.137. The topological polar surface area (TPSA) is 58.4 Å². The minimum Gasteiger partial charge on any atom is -0.447 e. The Balaban J connectivity index is 1.47. The second-order valence-electron chi connectivity index (χ2n) is 9.45. The maximum absolute atomic E-state index is 12.2. The van der Waals surface area contributed by atoms with Crippen LogP contribution in [-0.2, 0) is 25.0 Å². The van der Waals surface area contributed by atoms with E-state index in [2.05, 4.69) is 84.5 Å². The summed E-state index contributed by atoms with van der Waals surface area (Å²) >= 11 is 0. The van der Waals surface area contributed by atoms with Crippen molar-refractivity contribution in [2.45, 2.75) is 64.7 Å². The lowest BCUT2D eigenvalue weighted by atomic mass is 9.87. The Labute approximate surface area is 184 Å². The van der Waals surface area contributed by atoms with Gasteiger partial charge in [0, 0.05) is 19.1 Å². The van der Waals surface area contributed by atoms with Crippen molar-refractivity contribution in [1.82, 2.24) is 15.2 Å². The van der Waals surface area contributed by atoms with Gasteiger partial charge in [-0.05, 0) is 34.9 Å². The molecule has 0 atom stereocenters. The van der Waals surface area contributed by atoms with Gasteiger partial charge in [-0.2, -0.15) is 0 Å². The molecule has 1 amide bonds. The monoisotopic (exact) mass is 417 g/mol. The summed E-state index contributed by atoms with van der Waals surface area (Å²) in [6.07, 6.45) is 3.57. The molecule has 1 aliphatic carbocycles. The van der Waals surface area contributed by atoms with Gasteiger partial charge in [0.25, 0.3) is 5.91 Å². The van der Waals surface area contributed by atoms with Crippen molar-refractivity contribution in [3.05, 3.63) is 89.1 Å². The number of hydrogen-bond donors (Lipinski definition) is 1. The van der Waals surface area contributed by atoms with Gasteiger partial charge in [-0.25, -0.2) is 4.98 Å². The van der Waals surface area contributed by atoms with E-state index in [1.807, 2.05) is 6.07 Å². The quantitative estimate of drug-likeness (QED) is 0.556. The second-order valence-corrected chi connectivity index (χ2v) is 9.45. The Bertz CT molecular complexity index is 999. The van der Waals surface area contributed by atoms with Crippen LogP contribution in [0.5, 0.6) is 0 Å². The Kier molecular flexibility index (Phi) is 6.23. The van der Waals surface area contributed by atoms with E-state index in [0.29, 0.717) is 24.2 Å². The van der Waals surface area contributed by atoms with Crippen LogP contribution in [0.3, 0.4) is 0 Å². The number of oxazole rings is 1. The van der Waals surface area contributed by atoms with Crippen LogP contribution in [0.25, 0.3) is 0 Å². The molecule has 1 aliphatic rings. The third kappa shape index (κ3) is 6.05. The number of carbonyl (C=O) groups is 1. The molecule has 3 aromatic rings. The summed E-state index contributed by atoms with van der Waals surface area (Å²) in [7, 11) is 0. The lowest BCUT2D eigenvalue weighted by molar-refractivity contribution is 0.0946. The molecule has 162 valence electrons. The van der Waals surface area contributed by atoms with Crippen LogP contribution in [-0.4, -0.2) is 21.8 Å². The van der Waals surface area contributed by atoms with E-state index in [1.54, 1.807) is 0 Å². The second kappa shape index (κ2) is 9.06. The number of rotatable bonds is 8. The van der Waals surface area contributed by atoms with Gasteiger partial charge in [0.1, 0.15) is 6.26 Å². The summed E-state index contributed by atoms with van der Waals surface area (Å²) in [4.78, 5) is 19.0. The lowest BCUT2D eigenvalue weighted by Gasteiger charge is -2.23. The predicted molar refractivity (Wildman–Crippen MR) is 122 cm³/mol. The lowest BCUT2D eigenvalue weighted by Crippen LogP contribution is -2.26. The predicted octanol–water partition coefficient (Wildman–Crippen LogP) is 5.07. The molecule has 1 fully saturated rings. The first-order valence-corrected chi connectivity index (χ1v) is 11.0. The molecule has 0 spiro atoms. The molecule has 1 aromatic heterocycles. The van der Waals surface area contributed by atoms with E-state index in [4.69, 9.17) is 4.42 Å². The van der Waals surface area contributed by atoms with E-state index in [9.17, 15) is 4.79 Å². The Hall–Kier alpha value is -2.92. The summed E-state index contributed by atoms with van der Waals surface area (Å²) in [6.45, 7) is 8.75. The third-order valence-electron chi connectivity index (χ3n) is 5.53. The van der Waals surface area contributed by atoms with E-state index in [1.165, 1.54) is 23.0 Å². The van der Waals surface area contributed by atoms with Crippen molar-refractivity contribution in [3.8, 4) is 0 Å². The maximum atomic E-state index is 12.2. The Morgan fingerprint density at radius 3 is 2.26 bits per heavy atom.